The fourth-order valence-electron chi connectivity index (χ4n) is 4.57. The van der Waals surface area contributed by atoms with Gasteiger partial charge in [0.2, 0.25) is 5.88 Å². The molecule has 0 bridgehead atoms. The van der Waals surface area contributed by atoms with E-state index in [2.05, 4.69) is 10.5 Å². The zero-order valence-corrected chi connectivity index (χ0v) is 18.1. The Morgan fingerprint density at radius 1 is 1.11 bits per heavy atom. The third-order valence-corrected chi connectivity index (χ3v) is 6.11. The van der Waals surface area contributed by atoms with Gasteiger partial charge in [-0.15, -0.1) is 0 Å². The van der Waals surface area contributed by atoms with Crippen molar-refractivity contribution in [2.45, 2.75) is 24.3 Å². The van der Waals surface area contributed by atoms with E-state index in [0.717, 1.165) is 28.3 Å². The third kappa shape index (κ3) is 4.20. The molecule has 1 aromatic heterocycles. The molecule has 1 saturated heterocycles. The molecule has 1 fully saturated rings. The summed E-state index contributed by atoms with van der Waals surface area (Å²) in [5.41, 5.74) is 3.79. The van der Waals surface area contributed by atoms with Gasteiger partial charge >= 0.3 is 12.1 Å². The van der Waals surface area contributed by atoms with Gasteiger partial charge in [-0.1, -0.05) is 53.7 Å². The lowest BCUT2D eigenvalue weighted by atomic mass is 9.98. The average Bonchev–Trinajstić information content (AvgIpc) is 3.51. The molecule has 11 heteroatoms. The number of carboxylic acid groups (broad SMARTS) is 1. The Labute approximate surface area is 197 Å². The lowest BCUT2D eigenvalue weighted by molar-refractivity contribution is -0.141. The molecule has 2 aromatic carbocycles. The molecular formula is C24H19F2N3O6. The first-order valence-electron chi connectivity index (χ1n) is 10.7. The van der Waals surface area contributed by atoms with Gasteiger partial charge in [-0.3, -0.25) is 10.1 Å². The Morgan fingerprint density at radius 3 is 2.37 bits per heavy atom. The predicted octanol–water partition coefficient (Wildman–Crippen LogP) is 3.97. The van der Waals surface area contributed by atoms with Crippen LogP contribution in [0.25, 0.3) is 11.1 Å². The number of nitrogens with one attached hydrogen (secondary N) is 1. The Bertz CT molecular complexity index is 1280. The molecule has 180 valence electrons. The van der Waals surface area contributed by atoms with E-state index in [9.17, 15) is 23.2 Å². The van der Waals surface area contributed by atoms with Gasteiger partial charge in [-0.2, -0.15) is 0 Å². The van der Waals surface area contributed by atoms with E-state index in [-0.39, 0.29) is 18.4 Å². The lowest BCUT2D eigenvalue weighted by Gasteiger charge is -2.19. The number of benzene rings is 2. The molecule has 1 atom stereocenters. The Hall–Kier alpha value is -4.28. The highest BCUT2D eigenvalue weighted by molar-refractivity contribution is 5.96. The number of carbonyl (C=O) groups excluding carboxylic acids is 2. The number of halogens is 2. The fourth-order valence-corrected chi connectivity index (χ4v) is 4.57. The van der Waals surface area contributed by atoms with Crippen LogP contribution in [0.15, 0.2) is 59.1 Å². The molecule has 1 aliphatic heterocycles. The van der Waals surface area contributed by atoms with E-state index in [0.29, 0.717) is 4.90 Å². The summed E-state index contributed by atoms with van der Waals surface area (Å²) in [6.45, 7) is -1.01. The van der Waals surface area contributed by atoms with Crippen LogP contribution < -0.4 is 5.32 Å². The average molecular weight is 483 g/mol. The molecule has 35 heavy (non-hydrogen) atoms. The van der Waals surface area contributed by atoms with Gasteiger partial charge in [0.1, 0.15) is 12.6 Å². The van der Waals surface area contributed by atoms with Crippen LogP contribution in [0, 0.1) is 0 Å². The maximum atomic E-state index is 13.7. The van der Waals surface area contributed by atoms with Gasteiger partial charge in [0.05, 0.1) is 6.54 Å². The van der Waals surface area contributed by atoms with E-state index in [4.69, 9.17) is 14.4 Å². The maximum absolute atomic E-state index is 13.7. The van der Waals surface area contributed by atoms with Crippen LogP contribution in [-0.4, -0.2) is 58.2 Å². The van der Waals surface area contributed by atoms with Gasteiger partial charge in [0, 0.05) is 18.4 Å². The lowest BCUT2D eigenvalue weighted by Crippen LogP contribution is -2.40. The van der Waals surface area contributed by atoms with Crippen molar-refractivity contribution in [2.24, 2.45) is 0 Å². The summed E-state index contributed by atoms with van der Waals surface area (Å²) < 4.78 is 37.6. The summed E-state index contributed by atoms with van der Waals surface area (Å²) in [7, 11) is 0. The number of likely N-dealkylation sites (tertiary alicyclic amines) is 1. The molecule has 0 unspecified atom stereocenters. The van der Waals surface area contributed by atoms with Crippen LogP contribution in [0.5, 0.6) is 0 Å². The smallest absolute Gasteiger partial charge is 0.414 e. The van der Waals surface area contributed by atoms with Crippen LogP contribution in [-0.2, 0) is 9.53 Å². The van der Waals surface area contributed by atoms with Crippen LogP contribution in [0.3, 0.4) is 0 Å². The molecule has 2 N–H and O–H groups in total. The first-order valence-corrected chi connectivity index (χ1v) is 10.7. The van der Waals surface area contributed by atoms with Crippen molar-refractivity contribution in [1.82, 2.24) is 10.1 Å². The summed E-state index contributed by atoms with van der Waals surface area (Å²) in [6, 6.07) is 15.0. The minimum atomic E-state index is -3.33. The Morgan fingerprint density at radius 2 is 1.74 bits per heavy atom. The fraction of sp³-hybridized carbons (Fsp3) is 0.250. The van der Waals surface area contributed by atoms with Gasteiger partial charge in [0.15, 0.2) is 5.69 Å². The highest BCUT2D eigenvalue weighted by atomic mass is 19.3. The number of aromatic nitrogens is 1. The monoisotopic (exact) mass is 483 g/mol. The number of hydrogen-bond donors (Lipinski definition) is 2. The van der Waals surface area contributed by atoms with Crippen LogP contribution in [0.4, 0.5) is 19.5 Å². The minimum absolute atomic E-state index is 0.0446. The molecule has 2 heterocycles. The minimum Gasteiger partial charge on any atom is -0.480 e. The van der Waals surface area contributed by atoms with Gasteiger partial charge in [-0.25, -0.2) is 18.4 Å². The maximum Gasteiger partial charge on any atom is 0.414 e. The number of fused-ring (bicyclic) bond motifs is 3. The molecule has 2 aliphatic rings. The van der Waals surface area contributed by atoms with Crippen molar-refractivity contribution in [1.29, 1.82) is 0 Å². The molecule has 9 nitrogen and oxygen atoms in total. The Balaban J connectivity index is 1.23. The number of amides is 2. The van der Waals surface area contributed by atoms with Gasteiger partial charge < -0.3 is 19.3 Å². The molecule has 0 saturated carbocycles. The second-order valence-electron chi connectivity index (χ2n) is 8.37. The number of alkyl halides is 2. The van der Waals surface area contributed by atoms with E-state index in [1.807, 2.05) is 48.5 Å². The van der Waals surface area contributed by atoms with Crippen molar-refractivity contribution in [3.8, 4) is 11.1 Å². The number of nitrogens with zero attached hydrogens (tertiary/aromatic N) is 2. The van der Waals surface area contributed by atoms with E-state index in [1.165, 1.54) is 0 Å². The third-order valence-electron chi connectivity index (χ3n) is 6.11. The van der Waals surface area contributed by atoms with Gasteiger partial charge in [-0.05, 0) is 22.3 Å². The Kier molecular flexibility index (Phi) is 5.46. The highest BCUT2D eigenvalue weighted by Crippen LogP contribution is 2.44. The number of carboxylic acids is 1. The number of rotatable bonds is 5. The molecule has 3 aromatic rings. The summed E-state index contributed by atoms with van der Waals surface area (Å²) in [4.78, 5) is 36.7. The summed E-state index contributed by atoms with van der Waals surface area (Å²) >= 11 is 0. The van der Waals surface area contributed by atoms with Crippen molar-refractivity contribution < 1.29 is 37.5 Å². The van der Waals surface area contributed by atoms with E-state index in [1.54, 1.807) is 0 Å². The largest absolute Gasteiger partial charge is 0.480 e. The standard InChI is InChI=1S/C24H19F2N3O6/c25-24(26)10-19(22(31)32)29(12-24)21(30)18-9-20(35-28-18)27-23(33)34-11-17-15-7-3-1-5-13(15)14-6-2-4-8-16(14)17/h1-9,17,19H,10-12H2,(H,27,33)(H,31,32)/t19-/m0/s1. The first kappa shape index (κ1) is 22.5. The number of anilines is 1. The predicted molar refractivity (Wildman–Crippen MR) is 117 cm³/mol. The zero-order chi connectivity index (χ0) is 24.7. The molecular weight excluding hydrogens is 464 g/mol. The van der Waals surface area contributed by atoms with Crippen LogP contribution in [0.2, 0.25) is 0 Å². The molecule has 0 radical (unpaired) electrons. The normalized spacial score (nSPS) is 18.1. The van der Waals surface area contributed by atoms with Crippen molar-refractivity contribution in [3.05, 3.63) is 71.4 Å². The zero-order valence-electron chi connectivity index (χ0n) is 18.1. The molecule has 0 spiro atoms. The van der Waals surface area contributed by atoms with Crippen molar-refractivity contribution in [2.75, 3.05) is 18.5 Å². The van der Waals surface area contributed by atoms with Crippen molar-refractivity contribution >= 4 is 23.9 Å². The molecule has 5 rings (SSSR count). The molecule has 2 amide bonds. The number of carbonyl (C=O) groups is 3. The second-order valence-corrected chi connectivity index (χ2v) is 8.37. The van der Waals surface area contributed by atoms with E-state index < -0.39 is 48.6 Å². The summed E-state index contributed by atoms with van der Waals surface area (Å²) in [5.74, 6) is -6.33. The number of aliphatic carboxylic acids is 1. The summed E-state index contributed by atoms with van der Waals surface area (Å²) in [5, 5.41) is 14.9. The molecule has 1 aliphatic carbocycles. The quantitative estimate of drug-likeness (QED) is 0.563. The van der Waals surface area contributed by atoms with Crippen LogP contribution >= 0.6 is 0 Å². The van der Waals surface area contributed by atoms with Crippen LogP contribution in [0.1, 0.15) is 34.0 Å². The first-order chi connectivity index (χ1) is 16.7. The van der Waals surface area contributed by atoms with Gasteiger partial charge in [0.25, 0.3) is 11.8 Å². The SMILES string of the molecule is O=C(Nc1cc(C(=O)N2CC(F)(F)C[C@H]2C(=O)O)no1)OCC1c2ccccc2-c2ccccc21. The topological polar surface area (TPSA) is 122 Å². The number of ether oxygens (including phenoxy) is 1. The van der Waals surface area contributed by atoms with Crippen molar-refractivity contribution in [3.63, 3.8) is 0 Å². The highest BCUT2D eigenvalue weighted by Gasteiger charge is 2.50. The number of hydrogen-bond acceptors (Lipinski definition) is 6. The second kappa shape index (κ2) is 8.49. The summed E-state index contributed by atoms with van der Waals surface area (Å²) in [6.07, 6.45) is -1.85. The van der Waals surface area contributed by atoms with E-state index >= 15 is 0 Å².